The van der Waals surface area contributed by atoms with E-state index in [1.54, 1.807) is 19.1 Å². The van der Waals surface area contributed by atoms with Crippen LogP contribution >= 0.6 is 0 Å². The monoisotopic (exact) mass is 348 g/mol. The molecule has 1 aromatic rings. The minimum atomic E-state index is -1.44. The van der Waals surface area contributed by atoms with Gasteiger partial charge in [-0.3, -0.25) is 18.7 Å². The molecule has 2 N–H and O–H groups in total. The Morgan fingerprint density at radius 3 is 2.62 bits per heavy atom. The predicted molar refractivity (Wildman–Crippen MR) is 86.1 cm³/mol. The lowest BCUT2D eigenvalue weighted by molar-refractivity contribution is -0.150. The lowest BCUT2D eigenvalue weighted by Crippen LogP contribution is -2.73. The number of fused-ring (bicyclic) bond motifs is 1. The smallest absolute Gasteiger partial charge is 0.352 e. The average Bonchev–Trinajstić information content (AvgIpc) is 2.53. The maximum absolute atomic E-state index is 12.3. The van der Waals surface area contributed by atoms with Crippen molar-refractivity contribution in [2.75, 3.05) is 5.75 Å². The summed E-state index contributed by atoms with van der Waals surface area (Å²) in [7, 11) is -1.44. The molecule has 0 spiro atoms. The molecule has 0 bridgehead atoms. The van der Waals surface area contributed by atoms with E-state index in [2.05, 4.69) is 5.32 Å². The van der Waals surface area contributed by atoms with Gasteiger partial charge in [-0.1, -0.05) is 30.3 Å². The van der Waals surface area contributed by atoms with Gasteiger partial charge in [-0.2, -0.15) is 0 Å². The zero-order chi connectivity index (χ0) is 17.4. The van der Waals surface area contributed by atoms with Gasteiger partial charge in [-0.15, -0.1) is 0 Å². The topological polar surface area (TPSA) is 104 Å². The SMILES string of the molecule is CC1=C(C(=O)O)N2C(=O)C(NC(=O)Cc3ccccc3)C2S(=O)C1. The Morgan fingerprint density at radius 2 is 2.00 bits per heavy atom. The van der Waals surface area contributed by atoms with Gasteiger partial charge in [0.05, 0.1) is 17.2 Å². The maximum Gasteiger partial charge on any atom is 0.352 e. The summed E-state index contributed by atoms with van der Waals surface area (Å²) in [5, 5.41) is 11.0. The third-order valence-corrected chi connectivity index (χ3v) is 5.78. The number of hydrogen-bond donors (Lipinski definition) is 2. The molecule has 0 aromatic heterocycles. The van der Waals surface area contributed by atoms with E-state index in [1.165, 1.54) is 0 Å². The molecular weight excluding hydrogens is 332 g/mol. The van der Waals surface area contributed by atoms with Gasteiger partial charge in [0, 0.05) is 5.75 Å². The number of carboxylic acid groups (broad SMARTS) is 1. The predicted octanol–water partition coefficient (Wildman–Crippen LogP) is 0.00310. The Hall–Kier alpha value is -2.48. The lowest BCUT2D eigenvalue weighted by Gasteiger charge is -2.48. The number of carbonyl (C=O) groups is 3. The summed E-state index contributed by atoms with van der Waals surface area (Å²) in [6.45, 7) is 1.55. The zero-order valence-electron chi connectivity index (χ0n) is 12.9. The van der Waals surface area contributed by atoms with Crippen LogP contribution in [0.1, 0.15) is 12.5 Å². The number of benzene rings is 1. The van der Waals surface area contributed by atoms with Crippen LogP contribution in [0.25, 0.3) is 0 Å². The molecule has 0 saturated carbocycles. The van der Waals surface area contributed by atoms with Crippen LogP contribution in [0.2, 0.25) is 0 Å². The number of carboxylic acids is 1. The van der Waals surface area contributed by atoms with E-state index in [9.17, 15) is 23.7 Å². The highest BCUT2D eigenvalue weighted by Crippen LogP contribution is 2.34. The van der Waals surface area contributed by atoms with E-state index in [-0.39, 0.29) is 23.8 Å². The minimum Gasteiger partial charge on any atom is -0.477 e. The zero-order valence-corrected chi connectivity index (χ0v) is 13.7. The molecule has 2 heterocycles. The Labute approximate surface area is 140 Å². The summed E-state index contributed by atoms with van der Waals surface area (Å²) in [4.78, 5) is 36.8. The number of nitrogens with zero attached hydrogens (tertiary/aromatic N) is 1. The van der Waals surface area contributed by atoms with Crippen LogP contribution in [0.5, 0.6) is 0 Å². The van der Waals surface area contributed by atoms with Crippen molar-refractivity contribution in [2.24, 2.45) is 0 Å². The van der Waals surface area contributed by atoms with Crippen LogP contribution in [0.3, 0.4) is 0 Å². The van der Waals surface area contributed by atoms with Gasteiger partial charge >= 0.3 is 5.97 Å². The Balaban J connectivity index is 1.73. The molecule has 7 nitrogen and oxygen atoms in total. The molecule has 1 saturated heterocycles. The largest absolute Gasteiger partial charge is 0.477 e. The van der Waals surface area contributed by atoms with Gasteiger partial charge in [0.1, 0.15) is 17.1 Å². The molecular formula is C16H16N2O5S. The molecule has 3 rings (SSSR count). The van der Waals surface area contributed by atoms with Crippen LogP contribution in [-0.4, -0.2) is 49.2 Å². The molecule has 0 radical (unpaired) electrons. The van der Waals surface area contributed by atoms with Gasteiger partial charge < -0.3 is 10.4 Å². The highest BCUT2D eigenvalue weighted by Gasteiger charge is 2.56. The Kier molecular flexibility index (Phi) is 4.23. The summed E-state index contributed by atoms with van der Waals surface area (Å²) < 4.78 is 12.3. The molecule has 0 aliphatic carbocycles. The summed E-state index contributed by atoms with van der Waals surface area (Å²) in [6, 6.07) is 8.10. The van der Waals surface area contributed by atoms with Crippen LogP contribution in [0.15, 0.2) is 41.6 Å². The fourth-order valence-electron chi connectivity index (χ4n) is 2.97. The molecule has 2 aliphatic heterocycles. The van der Waals surface area contributed by atoms with Crippen LogP contribution in [0, 0.1) is 0 Å². The fraction of sp³-hybridized carbons (Fsp3) is 0.312. The van der Waals surface area contributed by atoms with Crippen molar-refractivity contribution >= 4 is 28.6 Å². The summed E-state index contributed by atoms with van der Waals surface area (Å²) in [5.74, 6) is -2.04. The maximum atomic E-state index is 12.3. The highest BCUT2D eigenvalue weighted by atomic mass is 32.2. The minimum absolute atomic E-state index is 0.0845. The molecule has 1 aromatic carbocycles. The number of amides is 2. The molecule has 8 heteroatoms. The van der Waals surface area contributed by atoms with Crippen molar-refractivity contribution in [2.45, 2.75) is 24.8 Å². The summed E-state index contributed by atoms with van der Waals surface area (Å²) >= 11 is 0. The van der Waals surface area contributed by atoms with Gasteiger partial charge in [-0.25, -0.2) is 4.79 Å². The highest BCUT2D eigenvalue weighted by molar-refractivity contribution is 7.86. The number of β-lactam (4-membered cyclic amide) rings is 1. The van der Waals surface area contributed by atoms with Crippen molar-refractivity contribution in [3.63, 3.8) is 0 Å². The third-order valence-electron chi connectivity index (χ3n) is 4.04. The first-order chi connectivity index (χ1) is 11.4. The molecule has 1 fully saturated rings. The van der Waals surface area contributed by atoms with Gasteiger partial charge in [0.2, 0.25) is 5.91 Å². The lowest BCUT2D eigenvalue weighted by atomic mass is 10.0. The van der Waals surface area contributed by atoms with E-state index in [0.717, 1.165) is 10.5 Å². The van der Waals surface area contributed by atoms with Crippen molar-refractivity contribution in [3.8, 4) is 0 Å². The number of nitrogens with one attached hydrogen (secondary N) is 1. The molecule has 2 amide bonds. The third kappa shape index (κ3) is 2.73. The van der Waals surface area contributed by atoms with Crippen molar-refractivity contribution in [1.82, 2.24) is 10.2 Å². The molecule has 3 unspecified atom stereocenters. The first-order valence-corrected chi connectivity index (χ1v) is 8.75. The number of rotatable bonds is 4. The Bertz CT molecular complexity index is 774. The molecule has 126 valence electrons. The quantitative estimate of drug-likeness (QED) is 0.746. The summed E-state index contributed by atoms with van der Waals surface area (Å²) in [6.07, 6.45) is 0.102. The first-order valence-electron chi connectivity index (χ1n) is 7.36. The van der Waals surface area contributed by atoms with Gasteiger partial charge in [0.15, 0.2) is 0 Å². The van der Waals surface area contributed by atoms with E-state index in [4.69, 9.17) is 0 Å². The van der Waals surface area contributed by atoms with Gasteiger partial charge in [0.25, 0.3) is 5.91 Å². The molecule has 3 atom stereocenters. The number of carbonyl (C=O) groups excluding carboxylic acids is 2. The number of hydrogen-bond acceptors (Lipinski definition) is 4. The van der Waals surface area contributed by atoms with E-state index in [1.807, 2.05) is 18.2 Å². The van der Waals surface area contributed by atoms with E-state index in [0.29, 0.717) is 5.57 Å². The van der Waals surface area contributed by atoms with Crippen molar-refractivity contribution in [1.29, 1.82) is 0 Å². The van der Waals surface area contributed by atoms with E-state index < -0.39 is 34.1 Å². The second-order valence-electron chi connectivity index (χ2n) is 5.77. The van der Waals surface area contributed by atoms with Crippen LogP contribution in [0.4, 0.5) is 0 Å². The van der Waals surface area contributed by atoms with E-state index >= 15 is 0 Å². The van der Waals surface area contributed by atoms with Crippen molar-refractivity contribution < 1.29 is 23.7 Å². The summed E-state index contributed by atoms with van der Waals surface area (Å²) in [5.41, 5.74) is 1.07. The first kappa shape index (κ1) is 16.4. The van der Waals surface area contributed by atoms with Crippen molar-refractivity contribution in [3.05, 3.63) is 47.2 Å². The molecule has 24 heavy (non-hydrogen) atoms. The second kappa shape index (κ2) is 6.20. The normalized spacial score (nSPS) is 25.8. The van der Waals surface area contributed by atoms with Crippen LogP contribution in [-0.2, 0) is 31.6 Å². The number of aliphatic carboxylic acids is 1. The van der Waals surface area contributed by atoms with Crippen LogP contribution < -0.4 is 5.32 Å². The Morgan fingerprint density at radius 1 is 1.33 bits per heavy atom. The molecule has 2 aliphatic rings. The van der Waals surface area contributed by atoms with Gasteiger partial charge in [-0.05, 0) is 18.1 Å². The standard InChI is InChI=1S/C16H16N2O5S/c1-9-8-24(23)15-12(14(20)18(15)13(9)16(21)22)17-11(19)7-10-5-3-2-4-6-10/h2-6,12,15H,7-8H2,1H3,(H,17,19)(H,21,22). The second-order valence-corrected chi connectivity index (χ2v) is 7.30. The average molecular weight is 348 g/mol. The fourth-order valence-corrected chi connectivity index (χ4v) is 4.63.